The van der Waals surface area contributed by atoms with E-state index in [0.29, 0.717) is 29.0 Å². The van der Waals surface area contributed by atoms with Crippen molar-refractivity contribution in [2.75, 3.05) is 76.3 Å². The number of nitrogens with zero attached hydrogens (tertiary/aromatic N) is 5. The van der Waals surface area contributed by atoms with Crippen LogP contribution in [0.1, 0.15) is 5.56 Å². The Hall–Kier alpha value is -1.62. The zero-order chi connectivity index (χ0) is 23.3. The molecule has 3 heterocycles. The van der Waals surface area contributed by atoms with Gasteiger partial charge < -0.3 is 19.6 Å². The van der Waals surface area contributed by atoms with Crippen molar-refractivity contribution in [1.82, 2.24) is 9.80 Å². The molecule has 0 amide bonds. The number of fused-ring (bicyclic) bond motifs is 2. The Bertz CT molecular complexity index is 1190. The molecule has 5 rings (SSSR count). The third kappa shape index (κ3) is 4.54. The lowest BCUT2D eigenvalue weighted by molar-refractivity contribution is -0.138. The van der Waals surface area contributed by atoms with E-state index in [1.807, 2.05) is 25.2 Å². The highest BCUT2D eigenvalue weighted by Gasteiger charge is 2.35. The van der Waals surface area contributed by atoms with Gasteiger partial charge in [0, 0.05) is 73.1 Å². The van der Waals surface area contributed by atoms with Gasteiger partial charge in [-0.15, -0.1) is 0 Å². The van der Waals surface area contributed by atoms with Crippen LogP contribution in [0.3, 0.4) is 0 Å². The van der Waals surface area contributed by atoms with Gasteiger partial charge in [0.05, 0.1) is 16.6 Å². The van der Waals surface area contributed by atoms with E-state index in [9.17, 15) is 13.2 Å². The maximum absolute atomic E-state index is 14.1. The highest BCUT2D eigenvalue weighted by atomic mass is 79.9. The smallest absolute Gasteiger partial charge is 0.369 e. The van der Waals surface area contributed by atoms with E-state index in [2.05, 4.69) is 52.5 Å². The summed E-state index contributed by atoms with van der Waals surface area (Å²) >= 11 is 3.77. The van der Waals surface area contributed by atoms with Gasteiger partial charge in [-0.25, -0.2) is 4.99 Å². The molecule has 0 spiro atoms. The Balaban J connectivity index is 1.62. The zero-order valence-corrected chi connectivity index (χ0v) is 21.1. The van der Waals surface area contributed by atoms with Crippen molar-refractivity contribution in [3.63, 3.8) is 0 Å². The summed E-state index contributed by atoms with van der Waals surface area (Å²) in [5.74, 6) is 0. The molecule has 0 saturated carbocycles. The fraction of sp³-hybridized carbons (Fsp3) is 0.478. The summed E-state index contributed by atoms with van der Waals surface area (Å²) in [4.78, 5) is 14.4. The number of benzene rings is 2. The standard InChI is InChI=1S/C23H27BrF3N5S/c1-29-5-9-31(10-6-29)16-3-4-19-20(14-16)33(24)21-15-17(32-11-7-30(2)8-12-32)13-18(22(21)28-19)23(25,26)27/h3-4,13-15H,5-12H2,1-2H3. The summed E-state index contributed by atoms with van der Waals surface area (Å²) in [6.07, 6.45) is -4.47. The van der Waals surface area contributed by atoms with Gasteiger partial charge in [-0.2, -0.15) is 13.2 Å². The summed E-state index contributed by atoms with van der Waals surface area (Å²) in [5.41, 5.74) is 1.68. The average molecular weight is 542 g/mol. The molecule has 178 valence electrons. The molecule has 1 atom stereocenters. The second-order valence-electron chi connectivity index (χ2n) is 8.94. The Morgan fingerprint density at radius 3 is 1.97 bits per heavy atom. The number of hydrogen-bond acceptors (Lipinski definition) is 5. The molecule has 0 aromatic heterocycles. The largest absolute Gasteiger partial charge is 0.418 e. The number of hydrogen-bond donors (Lipinski definition) is 0. The van der Waals surface area contributed by atoms with Crippen LogP contribution in [0.4, 0.5) is 30.2 Å². The average Bonchev–Trinajstić information content (AvgIpc) is 2.79. The number of alkyl halides is 3. The molecule has 2 fully saturated rings. The van der Waals surface area contributed by atoms with Crippen LogP contribution in [0.25, 0.3) is 0 Å². The summed E-state index contributed by atoms with van der Waals surface area (Å²) in [5, 5.41) is 0.0421. The van der Waals surface area contributed by atoms with Crippen LogP contribution in [-0.4, -0.2) is 76.3 Å². The van der Waals surface area contributed by atoms with Gasteiger partial charge in [-0.05, 0) is 59.2 Å². The van der Waals surface area contributed by atoms with Gasteiger partial charge in [0.1, 0.15) is 0 Å². The molecule has 2 aromatic carbocycles. The Kier molecular flexibility index (Phi) is 6.22. The lowest BCUT2D eigenvalue weighted by atomic mass is 10.1. The number of anilines is 2. The van der Waals surface area contributed by atoms with E-state index in [1.165, 1.54) is 6.07 Å². The van der Waals surface area contributed by atoms with Gasteiger partial charge >= 0.3 is 6.18 Å². The minimum atomic E-state index is -4.47. The maximum atomic E-state index is 14.1. The first-order chi connectivity index (χ1) is 15.7. The molecule has 1 unspecified atom stereocenters. The molecular formula is C23H27BrF3N5S. The fourth-order valence-electron chi connectivity index (χ4n) is 4.55. The van der Waals surface area contributed by atoms with Crippen molar-refractivity contribution in [2.24, 2.45) is 4.99 Å². The SMILES string of the molecule is CN1CCN(c2ccc3c(c2)S(Br)=c2cc(N4CCN(C)CC4)cc(C(F)(F)F)c2=N3)CC1. The van der Waals surface area contributed by atoms with Crippen LogP contribution in [0.2, 0.25) is 0 Å². The highest BCUT2D eigenvalue weighted by Crippen LogP contribution is 2.47. The molecule has 2 aromatic rings. The summed E-state index contributed by atoms with van der Waals surface area (Å²) in [7, 11) is 3.47. The van der Waals surface area contributed by atoms with Gasteiger partial charge in [0.25, 0.3) is 0 Å². The Labute approximate surface area is 201 Å². The second-order valence-corrected chi connectivity index (χ2v) is 12.3. The third-order valence-corrected chi connectivity index (χ3v) is 10.2. The van der Waals surface area contributed by atoms with E-state index in [-0.39, 0.29) is 5.36 Å². The zero-order valence-electron chi connectivity index (χ0n) is 18.7. The van der Waals surface area contributed by atoms with Crippen LogP contribution >= 0.6 is 23.7 Å². The number of halogens is 4. The number of piperazine rings is 2. The maximum Gasteiger partial charge on any atom is 0.418 e. The van der Waals surface area contributed by atoms with Crippen molar-refractivity contribution in [2.45, 2.75) is 11.1 Å². The van der Waals surface area contributed by atoms with E-state index in [1.54, 1.807) is 0 Å². The van der Waals surface area contributed by atoms with Gasteiger partial charge in [0.2, 0.25) is 0 Å². The highest BCUT2D eigenvalue weighted by molar-refractivity contribution is 9.52. The molecule has 3 aliphatic heterocycles. The van der Waals surface area contributed by atoms with E-state index < -0.39 is 20.7 Å². The van der Waals surface area contributed by atoms with Crippen LogP contribution in [0.15, 0.2) is 40.2 Å². The molecule has 0 aliphatic carbocycles. The van der Waals surface area contributed by atoms with Gasteiger partial charge in [-0.3, -0.25) is 0 Å². The Morgan fingerprint density at radius 2 is 1.39 bits per heavy atom. The molecule has 0 N–H and O–H groups in total. The number of likely N-dealkylation sites (N-methyl/N-ethyl adjacent to an activating group) is 2. The van der Waals surface area contributed by atoms with Crippen LogP contribution in [-0.2, 0) is 6.18 Å². The minimum absolute atomic E-state index is 0.0421. The topological polar surface area (TPSA) is 25.3 Å². The van der Waals surface area contributed by atoms with Gasteiger partial charge in [-0.1, -0.05) is 8.92 Å². The van der Waals surface area contributed by atoms with E-state index in [4.69, 9.17) is 0 Å². The van der Waals surface area contributed by atoms with Crippen molar-refractivity contribution >= 4 is 40.8 Å². The molecule has 5 nitrogen and oxygen atoms in total. The first kappa shape index (κ1) is 23.1. The van der Waals surface area contributed by atoms with Crippen molar-refractivity contribution < 1.29 is 13.2 Å². The lowest BCUT2D eigenvalue weighted by Crippen LogP contribution is -2.44. The first-order valence-corrected chi connectivity index (χ1v) is 14.2. The number of rotatable bonds is 2. The molecule has 3 aliphatic rings. The van der Waals surface area contributed by atoms with Crippen molar-refractivity contribution in [3.8, 4) is 0 Å². The summed E-state index contributed by atoms with van der Waals surface area (Å²) in [6, 6.07) is 9.13. The van der Waals surface area contributed by atoms with Crippen LogP contribution in [0.5, 0.6) is 0 Å². The molecule has 33 heavy (non-hydrogen) atoms. The van der Waals surface area contributed by atoms with Crippen molar-refractivity contribution in [1.29, 1.82) is 0 Å². The molecular weight excluding hydrogens is 515 g/mol. The van der Waals surface area contributed by atoms with E-state index in [0.717, 1.165) is 49.9 Å². The predicted octanol–water partition coefficient (Wildman–Crippen LogP) is 4.36. The first-order valence-electron chi connectivity index (χ1n) is 11.1. The fourth-order valence-corrected chi connectivity index (χ4v) is 7.37. The normalized spacial score (nSPS) is 22.1. The Morgan fingerprint density at radius 1 is 0.818 bits per heavy atom. The summed E-state index contributed by atoms with van der Waals surface area (Å²) in [6.45, 7) is 6.95. The quantitative estimate of drug-likeness (QED) is 0.527. The summed E-state index contributed by atoms with van der Waals surface area (Å²) < 4.78 is 43.0. The van der Waals surface area contributed by atoms with Crippen LogP contribution in [0, 0.1) is 4.51 Å². The molecule has 10 heteroatoms. The molecule has 2 saturated heterocycles. The van der Waals surface area contributed by atoms with Gasteiger partial charge in [0.15, 0.2) is 0 Å². The molecule has 0 bridgehead atoms. The monoisotopic (exact) mass is 541 g/mol. The van der Waals surface area contributed by atoms with Crippen molar-refractivity contribution in [3.05, 3.63) is 45.8 Å². The van der Waals surface area contributed by atoms with Crippen LogP contribution < -0.4 is 15.2 Å². The third-order valence-electron chi connectivity index (χ3n) is 6.66. The lowest BCUT2D eigenvalue weighted by Gasteiger charge is -2.35. The predicted molar refractivity (Wildman–Crippen MR) is 132 cm³/mol. The molecule has 0 radical (unpaired) electrons. The van der Waals surface area contributed by atoms with E-state index >= 15 is 0 Å². The second kappa shape index (κ2) is 8.87. The minimum Gasteiger partial charge on any atom is -0.369 e.